The lowest BCUT2D eigenvalue weighted by molar-refractivity contribution is -0.157. The number of hydrogen-bond donors (Lipinski definition) is 0. The Kier molecular flexibility index (Phi) is 3.60. The van der Waals surface area contributed by atoms with Crippen molar-refractivity contribution in [3.8, 4) is 0 Å². The lowest BCUT2D eigenvalue weighted by Crippen LogP contribution is -2.43. The number of carbonyl (C=O) groups excluding carboxylic acids is 2. The molecule has 2 aliphatic heterocycles. The third kappa shape index (κ3) is 2.49. The van der Waals surface area contributed by atoms with Crippen molar-refractivity contribution in [1.82, 2.24) is 4.90 Å². The average Bonchev–Trinajstić information content (AvgIpc) is 2.90. The molecule has 4 atom stereocenters. The third-order valence-corrected chi connectivity index (χ3v) is 5.15. The van der Waals surface area contributed by atoms with Crippen molar-refractivity contribution >= 4 is 23.7 Å². The first-order valence-electron chi connectivity index (χ1n) is 6.08. The lowest BCUT2D eigenvalue weighted by atomic mass is 9.99. The van der Waals surface area contributed by atoms with E-state index in [4.69, 9.17) is 9.47 Å². The number of rotatable bonds is 2. The molecular weight excluding hydrogens is 254 g/mol. The minimum absolute atomic E-state index is 0.150. The molecule has 5 nitrogen and oxygen atoms in total. The van der Waals surface area contributed by atoms with Crippen LogP contribution in [0.15, 0.2) is 0 Å². The molecule has 0 aromatic heterocycles. The summed E-state index contributed by atoms with van der Waals surface area (Å²) in [5, 5.41) is -0.159. The summed E-state index contributed by atoms with van der Waals surface area (Å²) < 4.78 is 10.7. The maximum Gasteiger partial charge on any atom is 0.322 e. The summed E-state index contributed by atoms with van der Waals surface area (Å²) in [6.45, 7) is 3.25. The molecule has 2 rings (SSSR count). The summed E-state index contributed by atoms with van der Waals surface area (Å²) in [5.74, 6) is -0.433. The monoisotopic (exact) mass is 273 g/mol. The van der Waals surface area contributed by atoms with Gasteiger partial charge in [0.1, 0.15) is 17.5 Å². The van der Waals surface area contributed by atoms with Gasteiger partial charge < -0.3 is 9.47 Å². The van der Waals surface area contributed by atoms with Crippen LogP contribution in [0.3, 0.4) is 0 Å². The van der Waals surface area contributed by atoms with Crippen LogP contribution in [0.4, 0.5) is 0 Å². The largest absolute Gasteiger partial charge is 0.462 e. The number of carbonyl (C=O) groups is 2. The van der Waals surface area contributed by atoms with Crippen molar-refractivity contribution in [2.45, 2.75) is 49.0 Å². The molecule has 2 heterocycles. The van der Waals surface area contributed by atoms with Crippen LogP contribution in [0.2, 0.25) is 0 Å². The summed E-state index contributed by atoms with van der Waals surface area (Å²) in [6.07, 6.45) is 0.844. The van der Waals surface area contributed by atoms with E-state index >= 15 is 0 Å². The van der Waals surface area contributed by atoms with Crippen LogP contribution in [-0.2, 0) is 19.1 Å². The van der Waals surface area contributed by atoms with Gasteiger partial charge in [0.2, 0.25) is 0 Å². The number of nitrogens with zero attached hydrogens (tertiary/aromatic N) is 1. The molecule has 0 aromatic carbocycles. The van der Waals surface area contributed by atoms with Gasteiger partial charge >= 0.3 is 11.9 Å². The van der Waals surface area contributed by atoms with E-state index in [2.05, 4.69) is 0 Å². The summed E-state index contributed by atoms with van der Waals surface area (Å²) in [6, 6.07) is 0. The van der Waals surface area contributed by atoms with Crippen molar-refractivity contribution in [3.05, 3.63) is 0 Å². The molecule has 0 saturated carbocycles. The fraction of sp³-hybridized carbons (Fsp3) is 0.833. The van der Waals surface area contributed by atoms with Crippen molar-refractivity contribution < 1.29 is 19.1 Å². The maximum atomic E-state index is 11.9. The first kappa shape index (κ1) is 13.7. The van der Waals surface area contributed by atoms with E-state index in [-0.39, 0.29) is 34.3 Å². The van der Waals surface area contributed by atoms with Crippen LogP contribution < -0.4 is 0 Å². The van der Waals surface area contributed by atoms with E-state index in [0.29, 0.717) is 12.8 Å². The summed E-state index contributed by atoms with van der Waals surface area (Å²) in [4.78, 5) is 24.8. The molecule has 6 heteroatoms. The first-order valence-corrected chi connectivity index (χ1v) is 6.96. The van der Waals surface area contributed by atoms with Crippen molar-refractivity contribution in [2.75, 3.05) is 14.1 Å². The fourth-order valence-electron chi connectivity index (χ4n) is 2.49. The van der Waals surface area contributed by atoms with Crippen LogP contribution in [0.1, 0.15) is 26.7 Å². The molecular formula is C12H19NO4S. The molecule has 0 spiro atoms. The molecule has 0 bridgehead atoms. The molecule has 0 N–H and O–H groups in total. The predicted molar refractivity (Wildman–Crippen MR) is 68.1 cm³/mol. The molecule has 2 saturated heterocycles. The molecule has 0 radical (unpaired) electrons. The van der Waals surface area contributed by atoms with Crippen molar-refractivity contribution in [3.63, 3.8) is 0 Å². The van der Waals surface area contributed by atoms with Gasteiger partial charge in [0.15, 0.2) is 0 Å². The van der Waals surface area contributed by atoms with Crippen LogP contribution in [-0.4, -0.2) is 53.3 Å². The molecule has 4 unspecified atom stereocenters. The van der Waals surface area contributed by atoms with E-state index in [1.165, 1.54) is 6.92 Å². The van der Waals surface area contributed by atoms with Gasteiger partial charge in [-0.05, 0) is 21.0 Å². The second kappa shape index (κ2) is 4.74. The average molecular weight is 273 g/mol. The molecule has 102 valence electrons. The standard InChI is InChI=1S/C12H19NO4S/c1-7-5-9(17-8(2)14)6-12(13(3)4)10(18-12)11(15)16-7/h7,9-10H,5-6H2,1-4H3. The number of cyclic esters (lactones) is 1. The number of hydrogen-bond acceptors (Lipinski definition) is 6. The van der Waals surface area contributed by atoms with Crippen LogP contribution >= 0.6 is 11.8 Å². The zero-order valence-electron chi connectivity index (χ0n) is 11.1. The van der Waals surface area contributed by atoms with Crippen LogP contribution in [0.5, 0.6) is 0 Å². The van der Waals surface area contributed by atoms with Gasteiger partial charge in [0.25, 0.3) is 0 Å². The zero-order valence-corrected chi connectivity index (χ0v) is 12.0. The Bertz CT molecular complexity index is 373. The highest BCUT2D eigenvalue weighted by Gasteiger charge is 2.64. The normalized spacial score (nSPS) is 39.4. The van der Waals surface area contributed by atoms with Crippen molar-refractivity contribution in [2.24, 2.45) is 0 Å². The van der Waals surface area contributed by atoms with Gasteiger partial charge in [-0.25, -0.2) is 0 Å². The quantitative estimate of drug-likeness (QED) is 0.553. The van der Waals surface area contributed by atoms with Gasteiger partial charge in [-0.2, -0.15) is 0 Å². The second-order valence-corrected chi connectivity index (χ2v) is 6.57. The Morgan fingerprint density at radius 1 is 1.56 bits per heavy atom. The Balaban J connectivity index is 2.15. The van der Waals surface area contributed by atoms with Crippen molar-refractivity contribution in [1.29, 1.82) is 0 Å². The molecule has 18 heavy (non-hydrogen) atoms. The maximum absolute atomic E-state index is 11.9. The van der Waals surface area contributed by atoms with Crippen LogP contribution in [0.25, 0.3) is 0 Å². The summed E-state index contributed by atoms with van der Waals surface area (Å²) in [7, 11) is 3.88. The van der Waals surface area contributed by atoms with E-state index in [0.717, 1.165) is 0 Å². The van der Waals surface area contributed by atoms with Crippen LogP contribution in [0, 0.1) is 0 Å². The summed E-state index contributed by atoms with van der Waals surface area (Å²) in [5.41, 5.74) is 0. The highest BCUT2D eigenvalue weighted by atomic mass is 32.2. The molecule has 2 aliphatic rings. The minimum Gasteiger partial charge on any atom is -0.462 e. The summed E-state index contributed by atoms with van der Waals surface area (Å²) >= 11 is 1.58. The second-order valence-electron chi connectivity index (χ2n) is 5.16. The highest BCUT2D eigenvalue weighted by molar-refractivity contribution is 8.09. The van der Waals surface area contributed by atoms with Gasteiger partial charge in [-0.15, -0.1) is 11.8 Å². The Morgan fingerprint density at radius 3 is 2.78 bits per heavy atom. The minimum atomic E-state index is -0.282. The van der Waals surface area contributed by atoms with Gasteiger partial charge in [0.05, 0.1) is 4.87 Å². The zero-order chi connectivity index (χ0) is 13.5. The number of esters is 2. The first-order chi connectivity index (χ1) is 8.35. The molecule has 2 fully saturated rings. The number of ether oxygens (including phenoxy) is 2. The van der Waals surface area contributed by atoms with Gasteiger partial charge in [-0.3, -0.25) is 14.5 Å². The van der Waals surface area contributed by atoms with E-state index < -0.39 is 0 Å². The topological polar surface area (TPSA) is 55.8 Å². The molecule has 0 amide bonds. The number of thioether (sulfide) groups is 1. The van der Waals surface area contributed by atoms with Gasteiger partial charge in [0, 0.05) is 19.8 Å². The Morgan fingerprint density at radius 2 is 2.22 bits per heavy atom. The predicted octanol–water partition coefficient (Wildman–Crippen LogP) is 1.02. The number of fused-ring (bicyclic) bond motifs is 1. The smallest absolute Gasteiger partial charge is 0.322 e. The molecule has 0 aromatic rings. The van der Waals surface area contributed by atoms with E-state index in [1.807, 2.05) is 25.9 Å². The lowest BCUT2D eigenvalue weighted by Gasteiger charge is -2.31. The fourth-order valence-corrected chi connectivity index (χ4v) is 3.88. The highest BCUT2D eigenvalue weighted by Crippen LogP contribution is 2.59. The third-order valence-electron chi connectivity index (χ3n) is 3.41. The van der Waals surface area contributed by atoms with Gasteiger partial charge in [-0.1, -0.05) is 0 Å². The van der Waals surface area contributed by atoms with E-state index in [1.54, 1.807) is 11.8 Å². The van der Waals surface area contributed by atoms with E-state index in [9.17, 15) is 9.59 Å². The Hall–Kier alpha value is -0.750. The SMILES string of the molecule is CC(=O)OC1CC(C)OC(=O)C2SC2(N(C)C)C1. The Labute approximate surface area is 111 Å². The molecule has 0 aliphatic carbocycles.